The van der Waals surface area contributed by atoms with E-state index in [0.29, 0.717) is 12.5 Å². The number of hydrogen-bond donors (Lipinski definition) is 3. The van der Waals surface area contributed by atoms with E-state index in [1.807, 2.05) is 36.4 Å². The molecule has 98 valence electrons. The third kappa shape index (κ3) is 4.59. The number of nitrogens with zero attached hydrogens (tertiary/aromatic N) is 1. The maximum atomic E-state index is 8.69. The zero-order valence-corrected chi connectivity index (χ0v) is 10.7. The molecule has 1 aromatic carbocycles. The molecule has 18 heavy (non-hydrogen) atoms. The largest absolute Gasteiger partial charge is 0.409 e. The highest BCUT2D eigenvalue weighted by molar-refractivity contribution is 5.80. The summed E-state index contributed by atoms with van der Waals surface area (Å²) in [6, 6.07) is 10.3. The van der Waals surface area contributed by atoms with Crippen molar-refractivity contribution >= 4 is 5.84 Å². The van der Waals surface area contributed by atoms with Gasteiger partial charge in [0.25, 0.3) is 0 Å². The Morgan fingerprint density at radius 2 is 2.17 bits per heavy atom. The molecule has 0 fully saturated rings. The van der Waals surface area contributed by atoms with Gasteiger partial charge in [-0.15, -0.1) is 6.58 Å². The van der Waals surface area contributed by atoms with Gasteiger partial charge in [0.15, 0.2) is 0 Å². The highest BCUT2D eigenvalue weighted by Crippen LogP contribution is 2.17. The predicted molar refractivity (Wildman–Crippen MR) is 74.6 cm³/mol. The summed E-state index contributed by atoms with van der Waals surface area (Å²) in [5, 5.41) is 15.2. The molecule has 4 nitrogen and oxygen atoms in total. The lowest BCUT2D eigenvalue weighted by Gasteiger charge is -2.22. The number of oxime groups is 1. The van der Waals surface area contributed by atoms with E-state index in [-0.39, 0.29) is 11.9 Å². The molecular formula is C14H21N3O. The monoisotopic (exact) mass is 247 g/mol. The molecular weight excluding hydrogens is 226 g/mol. The molecule has 2 atom stereocenters. The first-order chi connectivity index (χ1) is 8.67. The minimum absolute atomic E-state index is 0.0389. The molecule has 0 bridgehead atoms. The second-order valence-electron chi connectivity index (χ2n) is 4.35. The summed E-state index contributed by atoms with van der Waals surface area (Å²) in [5.41, 5.74) is 6.73. The van der Waals surface area contributed by atoms with Gasteiger partial charge >= 0.3 is 0 Å². The van der Waals surface area contributed by atoms with Crippen molar-refractivity contribution in [1.82, 2.24) is 5.32 Å². The van der Waals surface area contributed by atoms with Gasteiger partial charge in [-0.1, -0.05) is 41.6 Å². The molecule has 0 radical (unpaired) electrons. The van der Waals surface area contributed by atoms with Gasteiger partial charge in [0.1, 0.15) is 5.84 Å². The molecule has 0 saturated heterocycles. The van der Waals surface area contributed by atoms with Crippen molar-refractivity contribution in [3.8, 4) is 0 Å². The van der Waals surface area contributed by atoms with Gasteiger partial charge in [-0.3, -0.25) is 0 Å². The van der Waals surface area contributed by atoms with E-state index in [9.17, 15) is 0 Å². The van der Waals surface area contributed by atoms with Crippen LogP contribution in [-0.4, -0.2) is 17.1 Å². The summed E-state index contributed by atoms with van der Waals surface area (Å²) in [5.74, 6) is 0.224. The fourth-order valence-corrected chi connectivity index (χ4v) is 1.87. The van der Waals surface area contributed by atoms with Crippen LogP contribution >= 0.6 is 0 Å². The Bertz CT molecular complexity index is 389. The van der Waals surface area contributed by atoms with Crippen LogP contribution in [0.2, 0.25) is 0 Å². The van der Waals surface area contributed by atoms with Crippen molar-refractivity contribution in [1.29, 1.82) is 0 Å². The average Bonchev–Trinajstić information content (AvgIpc) is 2.39. The molecule has 0 aliphatic rings. The van der Waals surface area contributed by atoms with Crippen LogP contribution in [0.3, 0.4) is 0 Å². The number of rotatable bonds is 7. The van der Waals surface area contributed by atoms with E-state index in [4.69, 9.17) is 10.9 Å². The number of amidine groups is 1. The Balaban J connectivity index is 2.78. The first-order valence-electron chi connectivity index (χ1n) is 6.05. The summed E-state index contributed by atoms with van der Waals surface area (Å²) >= 11 is 0. The van der Waals surface area contributed by atoms with Crippen LogP contribution in [0.15, 0.2) is 48.1 Å². The van der Waals surface area contributed by atoms with Gasteiger partial charge in [-0.25, -0.2) is 0 Å². The Kier molecular flexibility index (Phi) is 5.94. The van der Waals surface area contributed by atoms with E-state index in [0.717, 1.165) is 12.0 Å². The fraction of sp³-hybridized carbons (Fsp3) is 0.357. The molecule has 1 rings (SSSR count). The molecule has 0 aliphatic carbocycles. The maximum absolute atomic E-state index is 8.69. The Morgan fingerprint density at radius 1 is 1.50 bits per heavy atom. The maximum Gasteiger partial charge on any atom is 0.141 e. The molecule has 1 aromatic rings. The van der Waals surface area contributed by atoms with E-state index in [2.05, 4.69) is 24.0 Å². The van der Waals surface area contributed by atoms with Crippen LogP contribution < -0.4 is 11.1 Å². The SMILES string of the molecule is C=CCC(C)NC(C/C(N)=N/O)c1ccccc1. The van der Waals surface area contributed by atoms with Gasteiger partial charge in [0.2, 0.25) is 0 Å². The highest BCUT2D eigenvalue weighted by atomic mass is 16.4. The average molecular weight is 247 g/mol. The molecule has 0 aliphatic heterocycles. The van der Waals surface area contributed by atoms with Gasteiger partial charge in [0, 0.05) is 18.5 Å². The molecule has 0 spiro atoms. The Labute approximate surface area is 108 Å². The second kappa shape index (κ2) is 7.50. The van der Waals surface area contributed by atoms with E-state index in [1.54, 1.807) is 0 Å². The van der Waals surface area contributed by atoms with E-state index in [1.165, 1.54) is 0 Å². The smallest absolute Gasteiger partial charge is 0.141 e. The molecule has 0 heterocycles. The zero-order valence-electron chi connectivity index (χ0n) is 10.7. The van der Waals surface area contributed by atoms with Crippen molar-refractivity contribution in [3.63, 3.8) is 0 Å². The summed E-state index contributed by atoms with van der Waals surface area (Å²) in [6.07, 6.45) is 3.23. The van der Waals surface area contributed by atoms with E-state index >= 15 is 0 Å². The van der Waals surface area contributed by atoms with Gasteiger partial charge in [-0.05, 0) is 18.9 Å². The molecule has 4 heteroatoms. The number of nitrogens with one attached hydrogen (secondary N) is 1. The number of hydrogen-bond acceptors (Lipinski definition) is 3. The molecule has 4 N–H and O–H groups in total. The third-order valence-corrected chi connectivity index (χ3v) is 2.75. The van der Waals surface area contributed by atoms with Crippen molar-refractivity contribution in [3.05, 3.63) is 48.6 Å². The summed E-state index contributed by atoms with van der Waals surface area (Å²) in [4.78, 5) is 0. The summed E-state index contributed by atoms with van der Waals surface area (Å²) in [6.45, 7) is 5.82. The molecule has 0 amide bonds. The van der Waals surface area contributed by atoms with Crippen LogP contribution in [0.1, 0.15) is 31.4 Å². The predicted octanol–water partition coefficient (Wildman–Crippen LogP) is 2.42. The van der Waals surface area contributed by atoms with Crippen molar-refractivity contribution in [2.75, 3.05) is 0 Å². The number of benzene rings is 1. The lowest BCUT2D eigenvalue weighted by molar-refractivity contribution is 0.315. The fourth-order valence-electron chi connectivity index (χ4n) is 1.87. The summed E-state index contributed by atoms with van der Waals surface area (Å²) < 4.78 is 0. The summed E-state index contributed by atoms with van der Waals surface area (Å²) in [7, 11) is 0. The van der Waals surface area contributed by atoms with Crippen LogP contribution in [-0.2, 0) is 0 Å². The topological polar surface area (TPSA) is 70.6 Å². The normalized spacial score (nSPS) is 15.1. The van der Waals surface area contributed by atoms with Crippen molar-refractivity contribution in [2.45, 2.75) is 31.8 Å². The van der Waals surface area contributed by atoms with Crippen LogP contribution in [0.25, 0.3) is 0 Å². The van der Waals surface area contributed by atoms with Gasteiger partial charge in [0.05, 0.1) is 0 Å². The highest BCUT2D eigenvalue weighted by Gasteiger charge is 2.15. The van der Waals surface area contributed by atoms with E-state index < -0.39 is 0 Å². The Morgan fingerprint density at radius 3 is 2.72 bits per heavy atom. The lowest BCUT2D eigenvalue weighted by atomic mass is 10.0. The van der Waals surface area contributed by atoms with Gasteiger partial charge < -0.3 is 16.3 Å². The first kappa shape index (κ1) is 14.3. The number of nitrogens with two attached hydrogens (primary N) is 1. The van der Waals surface area contributed by atoms with Crippen LogP contribution in [0.5, 0.6) is 0 Å². The Hall–Kier alpha value is -1.81. The molecule has 2 unspecified atom stereocenters. The van der Waals surface area contributed by atoms with Crippen molar-refractivity contribution < 1.29 is 5.21 Å². The first-order valence-corrected chi connectivity index (χ1v) is 6.05. The standard InChI is InChI=1S/C14H21N3O/c1-3-7-11(2)16-13(10-14(15)17-18)12-8-5-4-6-9-12/h3-6,8-9,11,13,16,18H,1,7,10H2,2H3,(H2,15,17). The lowest BCUT2D eigenvalue weighted by Crippen LogP contribution is -2.33. The quantitative estimate of drug-likeness (QED) is 0.228. The molecule has 0 saturated carbocycles. The van der Waals surface area contributed by atoms with Crippen LogP contribution in [0, 0.1) is 0 Å². The second-order valence-corrected chi connectivity index (χ2v) is 4.35. The van der Waals surface area contributed by atoms with Gasteiger partial charge in [-0.2, -0.15) is 0 Å². The minimum Gasteiger partial charge on any atom is -0.409 e. The van der Waals surface area contributed by atoms with Crippen LogP contribution in [0.4, 0.5) is 0 Å². The minimum atomic E-state index is 0.0389. The zero-order chi connectivity index (χ0) is 13.4. The molecule has 0 aromatic heterocycles. The third-order valence-electron chi connectivity index (χ3n) is 2.75. The van der Waals surface area contributed by atoms with Crippen molar-refractivity contribution in [2.24, 2.45) is 10.9 Å².